The summed E-state index contributed by atoms with van der Waals surface area (Å²) in [6.45, 7) is 0. The third-order valence-corrected chi connectivity index (χ3v) is 3.24. The van der Waals surface area contributed by atoms with Gasteiger partial charge in [-0.2, -0.15) is 0 Å². The molecule has 15 heavy (non-hydrogen) atoms. The van der Waals surface area contributed by atoms with E-state index in [1.54, 1.807) is 7.11 Å². The second-order valence-electron chi connectivity index (χ2n) is 3.61. The summed E-state index contributed by atoms with van der Waals surface area (Å²) in [4.78, 5) is 11.0. The monoisotopic (exact) mass is 270 g/mol. The van der Waals surface area contributed by atoms with E-state index in [-0.39, 0.29) is 5.92 Å². The number of aliphatic carboxylic acids is 1. The van der Waals surface area contributed by atoms with Crippen LogP contribution in [0.2, 0.25) is 0 Å². The van der Waals surface area contributed by atoms with Crippen LogP contribution in [0.4, 0.5) is 0 Å². The van der Waals surface area contributed by atoms with Crippen molar-refractivity contribution >= 4 is 21.9 Å². The molecule has 0 aliphatic heterocycles. The van der Waals surface area contributed by atoms with Gasteiger partial charge in [0.05, 0.1) is 13.0 Å². The quantitative estimate of drug-likeness (QED) is 0.899. The van der Waals surface area contributed by atoms with Gasteiger partial charge in [0.25, 0.3) is 0 Å². The average molecular weight is 271 g/mol. The molecule has 0 heterocycles. The summed E-state index contributed by atoms with van der Waals surface area (Å²) in [7, 11) is 1.61. The third-order valence-electron chi connectivity index (χ3n) is 2.78. The highest BCUT2D eigenvalue weighted by Gasteiger charge is 2.30. The molecule has 1 aromatic carbocycles. The predicted molar refractivity (Wildman–Crippen MR) is 59.4 cm³/mol. The Morgan fingerprint density at radius 1 is 1.60 bits per heavy atom. The standard InChI is InChI=1S/C11H11BrO3/c1-15-10-5-6(12)4-9-7(10)2-3-8(9)11(13)14/h4-5,8H,2-3H2,1H3,(H,13,14). The van der Waals surface area contributed by atoms with Crippen LogP contribution in [0.5, 0.6) is 5.75 Å². The number of methoxy groups -OCH3 is 1. The number of fused-ring (bicyclic) bond motifs is 1. The summed E-state index contributed by atoms with van der Waals surface area (Å²) >= 11 is 3.36. The maximum absolute atomic E-state index is 11.0. The minimum absolute atomic E-state index is 0.383. The van der Waals surface area contributed by atoms with Crippen LogP contribution in [0.15, 0.2) is 16.6 Å². The number of benzene rings is 1. The van der Waals surface area contributed by atoms with Crippen molar-refractivity contribution in [2.24, 2.45) is 0 Å². The molecule has 4 heteroatoms. The van der Waals surface area contributed by atoms with E-state index >= 15 is 0 Å². The van der Waals surface area contributed by atoms with Gasteiger partial charge in [-0.05, 0) is 36.1 Å². The molecule has 1 aliphatic carbocycles. The zero-order chi connectivity index (χ0) is 11.0. The maximum Gasteiger partial charge on any atom is 0.310 e. The smallest absolute Gasteiger partial charge is 0.310 e. The summed E-state index contributed by atoms with van der Waals surface area (Å²) in [6.07, 6.45) is 1.44. The van der Waals surface area contributed by atoms with Gasteiger partial charge in [0.1, 0.15) is 5.75 Å². The number of hydrogen-bond donors (Lipinski definition) is 1. The van der Waals surface area contributed by atoms with Crippen molar-refractivity contribution < 1.29 is 14.6 Å². The van der Waals surface area contributed by atoms with E-state index in [1.807, 2.05) is 12.1 Å². The van der Waals surface area contributed by atoms with Gasteiger partial charge in [-0.25, -0.2) is 0 Å². The Labute approximate surface area is 96.2 Å². The van der Waals surface area contributed by atoms with E-state index in [2.05, 4.69) is 15.9 Å². The van der Waals surface area contributed by atoms with E-state index < -0.39 is 5.97 Å². The van der Waals surface area contributed by atoms with Gasteiger partial charge in [0, 0.05) is 4.47 Å². The van der Waals surface area contributed by atoms with Gasteiger partial charge < -0.3 is 9.84 Å². The molecule has 3 nitrogen and oxygen atoms in total. The number of hydrogen-bond acceptors (Lipinski definition) is 2. The number of carboxylic acid groups (broad SMARTS) is 1. The normalized spacial score (nSPS) is 18.7. The molecule has 1 N–H and O–H groups in total. The highest BCUT2D eigenvalue weighted by molar-refractivity contribution is 9.10. The van der Waals surface area contributed by atoms with Crippen molar-refractivity contribution in [2.45, 2.75) is 18.8 Å². The molecule has 0 amide bonds. The number of rotatable bonds is 2. The summed E-state index contributed by atoms with van der Waals surface area (Å²) in [5, 5.41) is 9.06. The number of carbonyl (C=O) groups is 1. The molecule has 2 rings (SSSR count). The van der Waals surface area contributed by atoms with Crippen molar-refractivity contribution in [3.8, 4) is 5.75 Å². The van der Waals surface area contributed by atoms with Crippen LogP contribution in [-0.4, -0.2) is 18.2 Å². The van der Waals surface area contributed by atoms with Gasteiger partial charge >= 0.3 is 5.97 Å². The molecule has 1 atom stereocenters. The molecule has 1 unspecified atom stereocenters. The van der Waals surface area contributed by atoms with Crippen LogP contribution in [0.25, 0.3) is 0 Å². The molecule has 0 fully saturated rings. The Balaban J connectivity index is 2.53. The minimum atomic E-state index is -0.756. The lowest BCUT2D eigenvalue weighted by Crippen LogP contribution is -2.07. The van der Waals surface area contributed by atoms with Crippen molar-refractivity contribution in [1.29, 1.82) is 0 Å². The second-order valence-corrected chi connectivity index (χ2v) is 4.52. The summed E-state index contributed by atoms with van der Waals surface area (Å²) in [5.74, 6) is -0.358. The van der Waals surface area contributed by atoms with Crippen LogP contribution in [0.1, 0.15) is 23.5 Å². The molecule has 0 saturated carbocycles. The van der Waals surface area contributed by atoms with Crippen LogP contribution < -0.4 is 4.74 Å². The van der Waals surface area contributed by atoms with E-state index in [9.17, 15) is 4.79 Å². The van der Waals surface area contributed by atoms with Crippen molar-refractivity contribution in [1.82, 2.24) is 0 Å². The second kappa shape index (κ2) is 3.85. The first kappa shape index (κ1) is 10.5. The molecule has 80 valence electrons. The largest absolute Gasteiger partial charge is 0.496 e. The van der Waals surface area contributed by atoms with Gasteiger partial charge in [-0.3, -0.25) is 4.79 Å². The van der Waals surface area contributed by atoms with Crippen LogP contribution in [0, 0.1) is 0 Å². The van der Waals surface area contributed by atoms with Gasteiger partial charge in [0.15, 0.2) is 0 Å². The van der Waals surface area contributed by atoms with Crippen LogP contribution in [0.3, 0.4) is 0 Å². The Kier molecular flexibility index (Phi) is 2.69. The fraction of sp³-hybridized carbons (Fsp3) is 0.364. The van der Waals surface area contributed by atoms with E-state index in [0.717, 1.165) is 27.8 Å². The first-order valence-electron chi connectivity index (χ1n) is 4.72. The molecular formula is C11H11BrO3. The molecule has 0 aromatic heterocycles. The molecule has 0 bridgehead atoms. The number of carboxylic acids is 1. The molecular weight excluding hydrogens is 260 g/mol. The maximum atomic E-state index is 11.0. The van der Waals surface area contributed by atoms with E-state index in [4.69, 9.17) is 9.84 Å². The van der Waals surface area contributed by atoms with Crippen molar-refractivity contribution in [3.63, 3.8) is 0 Å². The van der Waals surface area contributed by atoms with Crippen LogP contribution >= 0.6 is 15.9 Å². The Morgan fingerprint density at radius 2 is 2.33 bits per heavy atom. The van der Waals surface area contributed by atoms with Crippen LogP contribution in [-0.2, 0) is 11.2 Å². The lowest BCUT2D eigenvalue weighted by atomic mass is 10.0. The summed E-state index contributed by atoms with van der Waals surface area (Å²) in [6, 6.07) is 3.76. The lowest BCUT2D eigenvalue weighted by Gasteiger charge is -2.10. The first-order valence-corrected chi connectivity index (χ1v) is 5.52. The molecule has 1 aromatic rings. The zero-order valence-corrected chi connectivity index (χ0v) is 9.87. The number of halogens is 1. The SMILES string of the molecule is COc1cc(Br)cc2c1CCC2C(=O)O. The summed E-state index contributed by atoms with van der Waals surface area (Å²) < 4.78 is 6.11. The number of ether oxygens (including phenoxy) is 1. The van der Waals surface area contributed by atoms with Gasteiger partial charge in [-0.1, -0.05) is 15.9 Å². The van der Waals surface area contributed by atoms with Gasteiger partial charge in [-0.15, -0.1) is 0 Å². The van der Waals surface area contributed by atoms with Gasteiger partial charge in [0.2, 0.25) is 0 Å². The van der Waals surface area contributed by atoms with E-state index in [0.29, 0.717) is 6.42 Å². The Hall–Kier alpha value is -1.03. The summed E-state index contributed by atoms with van der Waals surface area (Å²) in [5.41, 5.74) is 1.92. The minimum Gasteiger partial charge on any atom is -0.496 e. The Bertz CT molecular complexity index is 415. The predicted octanol–water partition coefficient (Wildman–Crippen LogP) is 2.57. The average Bonchev–Trinajstić information content (AvgIpc) is 2.59. The highest BCUT2D eigenvalue weighted by atomic mass is 79.9. The lowest BCUT2D eigenvalue weighted by molar-refractivity contribution is -0.138. The fourth-order valence-corrected chi connectivity index (χ4v) is 2.55. The first-order chi connectivity index (χ1) is 7.13. The topological polar surface area (TPSA) is 46.5 Å². The zero-order valence-electron chi connectivity index (χ0n) is 8.29. The van der Waals surface area contributed by atoms with Crippen molar-refractivity contribution in [2.75, 3.05) is 7.11 Å². The highest BCUT2D eigenvalue weighted by Crippen LogP contribution is 2.40. The molecule has 0 saturated heterocycles. The van der Waals surface area contributed by atoms with E-state index in [1.165, 1.54) is 0 Å². The third kappa shape index (κ3) is 1.74. The Morgan fingerprint density at radius 3 is 2.93 bits per heavy atom. The van der Waals surface area contributed by atoms with Crippen molar-refractivity contribution in [3.05, 3.63) is 27.7 Å². The molecule has 0 spiro atoms. The fourth-order valence-electron chi connectivity index (χ4n) is 2.09. The molecule has 1 aliphatic rings. The molecule has 0 radical (unpaired) electrons.